The van der Waals surface area contributed by atoms with E-state index in [2.05, 4.69) is 5.43 Å². The maximum absolute atomic E-state index is 11.9. The third-order valence-electron chi connectivity index (χ3n) is 1.69. The molecule has 20 heavy (non-hydrogen) atoms. The van der Waals surface area contributed by atoms with Crippen molar-refractivity contribution in [3.63, 3.8) is 0 Å². The third kappa shape index (κ3) is 9.03. The van der Waals surface area contributed by atoms with Crippen LogP contribution < -0.4 is 5.43 Å². The van der Waals surface area contributed by atoms with Gasteiger partial charge in [0.25, 0.3) is 0 Å². The van der Waals surface area contributed by atoms with E-state index in [0.29, 0.717) is 0 Å². The van der Waals surface area contributed by atoms with Gasteiger partial charge >= 0.3 is 12.2 Å². The summed E-state index contributed by atoms with van der Waals surface area (Å²) in [6, 6.07) is 1.90. The molecule has 7 heteroatoms. The van der Waals surface area contributed by atoms with Crippen LogP contribution in [-0.2, 0) is 9.47 Å². The van der Waals surface area contributed by atoms with E-state index in [0.717, 1.165) is 5.01 Å². The van der Waals surface area contributed by atoms with Crippen LogP contribution in [0.5, 0.6) is 0 Å². The van der Waals surface area contributed by atoms with Crippen LogP contribution in [0.3, 0.4) is 0 Å². The van der Waals surface area contributed by atoms with Crippen LogP contribution in [0.25, 0.3) is 0 Å². The lowest BCUT2D eigenvalue weighted by Gasteiger charge is -2.28. The molecule has 7 nitrogen and oxygen atoms in total. The second-order valence-corrected chi connectivity index (χ2v) is 6.15. The number of hydrazine groups is 1. The Morgan fingerprint density at radius 3 is 2.00 bits per heavy atom. The van der Waals surface area contributed by atoms with Crippen molar-refractivity contribution < 1.29 is 19.1 Å². The Bertz CT molecular complexity index is 388. The maximum atomic E-state index is 11.9. The lowest BCUT2D eigenvalue weighted by atomic mass is 10.2. The number of carbonyl (C=O) groups excluding carboxylic acids is 2. The molecule has 0 rings (SSSR count). The summed E-state index contributed by atoms with van der Waals surface area (Å²) < 4.78 is 10.2. The summed E-state index contributed by atoms with van der Waals surface area (Å²) in [7, 11) is 0. The normalized spacial score (nSPS) is 11.2. The molecule has 0 radical (unpaired) electrons. The van der Waals surface area contributed by atoms with E-state index in [1.807, 2.05) is 6.07 Å². The second-order valence-electron chi connectivity index (χ2n) is 6.15. The molecule has 0 atom stereocenters. The fourth-order valence-corrected chi connectivity index (χ4v) is 1.08. The molecule has 0 aromatic carbocycles. The number of rotatable bonds is 2. The summed E-state index contributed by atoms with van der Waals surface area (Å²) in [5.41, 5.74) is 0.899. The number of hydrogen-bond acceptors (Lipinski definition) is 5. The first-order valence-electron chi connectivity index (χ1n) is 6.32. The molecule has 0 fully saturated rings. The van der Waals surface area contributed by atoms with Gasteiger partial charge in [-0.15, -0.1) is 0 Å². The van der Waals surface area contributed by atoms with Crippen LogP contribution in [0, 0.1) is 11.3 Å². The topological polar surface area (TPSA) is 91.7 Å². The quantitative estimate of drug-likeness (QED) is 0.787. The molecule has 0 spiro atoms. The van der Waals surface area contributed by atoms with Gasteiger partial charge in [0.1, 0.15) is 11.2 Å². The van der Waals surface area contributed by atoms with Crippen molar-refractivity contribution in [2.45, 2.75) is 59.2 Å². The number of carbonyl (C=O) groups is 2. The molecule has 0 aromatic rings. The fraction of sp³-hybridized carbons (Fsp3) is 0.769. The molecule has 2 amide bonds. The number of hydrogen-bond donors (Lipinski definition) is 1. The molecular weight excluding hydrogens is 262 g/mol. The first-order chi connectivity index (χ1) is 8.94. The lowest BCUT2D eigenvalue weighted by Crippen LogP contribution is -2.50. The van der Waals surface area contributed by atoms with Gasteiger partial charge in [-0.2, -0.15) is 5.26 Å². The fourth-order valence-electron chi connectivity index (χ4n) is 1.08. The third-order valence-corrected chi connectivity index (χ3v) is 1.69. The Morgan fingerprint density at radius 1 is 1.10 bits per heavy atom. The van der Waals surface area contributed by atoms with Crippen molar-refractivity contribution in [3.8, 4) is 6.07 Å². The van der Waals surface area contributed by atoms with Crippen molar-refractivity contribution >= 4 is 12.2 Å². The zero-order valence-electron chi connectivity index (χ0n) is 12.9. The predicted octanol–water partition coefficient (Wildman–Crippen LogP) is 2.58. The Morgan fingerprint density at radius 2 is 1.60 bits per heavy atom. The molecule has 1 N–H and O–H groups in total. The Balaban J connectivity index is 4.69. The van der Waals surface area contributed by atoms with Crippen molar-refractivity contribution in [2.24, 2.45) is 0 Å². The van der Waals surface area contributed by atoms with Gasteiger partial charge in [0.15, 0.2) is 0 Å². The standard InChI is InChI=1S/C13H23N3O4/c1-12(2,3)19-10(17)15-16(9-7-8-14)11(18)20-13(4,5)6/h7,9H2,1-6H3,(H,15,17). The molecular formula is C13H23N3O4. The van der Waals surface area contributed by atoms with Crippen LogP contribution >= 0.6 is 0 Å². The van der Waals surface area contributed by atoms with Gasteiger partial charge in [-0.1, -0.05) is 0 Å². The van der Waals surface area contributed by atoms with E-state index < -0.39 is 23.4 Å². The van der Waals surface area contributed by atoms with Gasteiger partial charge in [-0.25, -0.2) is 20.0 Å². The minimum Gasteiger partial charge on any atom is -0.443 e. The lowest BCUT2D eigenvalue weighted by molar-refractivity contribution is 0.00187. The maximum Gasteiger partial charge on any atom is 0.429 e. The second kappa shape index (κ2) is 6.98. The summed E-state index contributed by atoms with van der Waals surface area (Å²) in [6.07, 6.45) is -1.45. The van der Waals surface area contributed by atoms with Gasteiger partial charge in [0, 0.05) is 0 Å². The summed E-state index contributed by atoms with van der Waals surface area (Å²) in [6.45, 7) is 10.3. The molecule has 0 bridgehead atoms. The molecule has 0 aromatic heterocycles. The summed E-state index contributed by atoms with van der Waals surface area (Å²) >= 11 is 0. The van der Waals surface area contributed by atoms with Crippen LogP contribution in [0.1, 0.15) is 48.0 Å². The zero-order chi connectivity index (χ0) is 16.0. The minimum atomic E-state index is -0.777. The summed E-state index contributed by atoms with van der Waals surface area (Å²) in [4.78, 5) is 23.5. The van der Waals surface area contributed by atoms with E-state index in [-0.39, 0.29) is 13.0 Å². The van der Waals surface area contributed by atoms with Crippen LogP contribution in [-0.4, -0.2) is 34.9 Å². The largest absolute Gasteiger partial charge is 0.443 e. The number of nitriles is 1. The first-order valence-corrected chi connectivity index (χ1v) is 6.32. The van der Waals surface area contributed by atoms with E-state index in [4.69, 9.17) is 14.7 Å². The average Bonchev–Trinajstić information content (AvgIpc) is 2.18. The monoisotopic (exact) mass is 285 g/mol. The minimum absolute atomic E-state index is 0.0185. The molecule has 0 saturated heterocycles. The van der Waals surface area contributed by atoms with Crippen LogP contribution in [0.4, 0.5) is 9.59 Å². The highest BCUT2D eigenvalue weighted by Gasteiger charge is 2.25. The van der Waals surface area contributed by atoms with Crippen molar-refractivity contribution in [3.05, 3.63) is 0 Å². The highest BCUT2D eigenvalue weighted by molar-refractivity contribution is 5.74. The van der Waals surface area contributed by atoms with Gasteiger partial charge in [-0.05, 0) is 41.5 Å². The number of nitrogens with zero attached hydrogens (tertiary/aromatic N) is 2. The molecule has 0 heterocycles. The van der Waals surface area contributed by atoms with Crippen molar-refractivity contribution in [2.75, 3.05) is 6.54 Å². The van der Waals surface area contributed by atoms with E-state index >= 15 is 0 Å². The molecule has 0 unspecified atom stereocenters. The van der Waals surface area contributed by atoms with E-state index in [9.17, 15) is 9.59 Å². The summed E-state index contributed by atoms with van der Waals surface area (Å²) in [5, 5.41) is 9.51. The molecule has 0 aliphatic rings. The Labute approximate surface area is 119 Å². The highest BCUT2D eigenvalue weighted by atomic mass is 16.6. The number of nitrogens with one attached hydrogen (secondary N) is 1. The van der Waals surface area contributed by atoms with Crippen LogP contribution in [0.15, 0.2) is 0 Å². The summed E-state index contributed by atoms with van der Waals surface area (Å²) in [5.74, 6) is 0. The number of amides is 2. The number of ether oxygens (including phenoxy) is 2. The Hall–Kier alpha value is -1.97. The van der Waals surface area contributed by atoms with Gasteiger partial charge in [0.2, 0.25) is 0 Å². The molecule has 0 aliphatic heterocycles. The average molecular weight is 285 g/mol. The van der Waals surface area contributed by atoms with Gasteiger partial charge in [0.05, 0.1) is 19.0 Å². The van der Waals surface area contributed by atoms with Gasteiger partial charge in [-0.3, -0.25) is 0 Å². The van der Waals surface area contributed by atoms with E-state index in [1.165, 1.54) is 0 Å². The molecule has 0 aliphatic carbocycles. The SMILES string of the molecule is CC(C)(C)OC(=O)NN(CCC#N)C(=O)OC(C)(C)C. The zero-order valence-corrected chi connectivity index (χ0v) is 12.9. The van der Waals surface area contributed by atoms with Gasteiger partial charge < -0.3 is 9.47 Å². The van der Waals surface area contributed by atoms with E-state index in [1.54, 1.807) is 41.5 Å². The van der Waals surface area contributed by atoms with Crippen molar-refractivity contribution in [1.29, 1.82) is 5.26 Å². The molecule has 0 saturated carbocycles. The first kappa shape index (κ1) is 18.0. The Kier molecular flexibility index (Phi) is 6.30. The van der Waals surface area contributed by atoms with Crippen LogP contribution in [0.2, 0.25) is 0 Å². The highest BCUT2D eigenvalue weighted by Crippen LogP contribution is 2.10. The van der Waals surface area contributed by atoms with Crippen molar-refractivity contribution in [1.82, 2.24) is 10.4 Å². The molecule has 114 valence electrons. The predicted molar refractivity (Wildman–Crippen MR) is 72.5 cm³/mol. The smallest absolute Gasteiger partial charge is 0.429 e.